The SMILES string of the molecule is CC(C)c1nsc(-n2c(CC(N)=S)nc3ccccc32)n1. The van der Waals surface area contributed by atoms with Gasteiger partial charge in [0.1, 0.15) is 11.6 Å². The van der Waals surface area contributed by atoms with Crippen molar-refractivity contribution in [2.45, 2.75) is 26.2 Å². The summed E-state index contributed by atoms with van der Waals surface area (Å²) >= 11 is 6.40. The zero-order chi connectivity index (χ0) is 15.0. The van der Waals surface area contributed by atoms with Gasteiger partial charge in [-0.05, 0) is 12.1 Å². The summed E-state index contributed by atoms with van der Waals surface area (Å²) in [6.45, 7) is 4.15. The number of imidazole rings is 1. The van der Waals surface area contributed by atoms with E-state index in [1.54, 1.807) is 0 Å². The quantitative estimate of drug-likeness (QED) is 0.749. The molecule has 21 heavy (non-hydrogen) atoms. The van der Waals surface area contributed by atoms with Crippen molar-refractivity contribution in [1.82, 2.24) is 18.9 Å². The molecule has 1 aromatic carbocycles. The lowest BCUT2D eigenvalue weighted by Gasteiger charge is -2.04. The van der Waals surface area contributed by atoms with Crippen LogP contribution < -0.4 is 5.73 Å². The average molecular weight is 317 g/mol. The van der Waals surface area contributed by atoms with E-state index < -0.39 is 0 Å². The fourth-order valence-electron chi connectivity index (χ4n) is 2.12. The van der Waals surface area contributed by atoms with E-state index in [0.29, 0.717) is 17.3 Å². The molecule has 7 heteroatoms. The van der Waals surface area contributed by atoms with Gasteiger partial charge in [-0.25, -0.2) is 9.97 Å². The lowest BCUT2D eigenvalue weighted by Crippen LogP contribution is -2.14. The first-order valence-electron chi connectivity index (χ1n) is 6.65. The normalized spacial score (nSPS) is 11.4. The van der Waals surface area contributed by atoms with E-state index in [1.165, 1.54) is 11.5 Å². The molecule has 0 spiro atoms. The van der Waals surface area contributed by atoms with Crippen molar-refractivity contribution in [2.75, 3.05) is 0 Å². The fraction of sp³-hybridized carbons (Fsp3) is 0.286. The monoisotopic (exact) mass is 317 g/mol. The van der Waals surface area contributed by atoms with Gasteiger partial charge in [0, 0.05) is 17.5 Å². The average Bonchev–Trinajstić information content (AvgIpc) is 3.01. The minimum atomic E-state index is 0.295. The maximum atomic E-state index is 5.69. The van der Waals surface area contributed by atoms with Crippen LogP contribution in [0.4, 0.5) is 0 Å². The third kappa shape index (κ3) is 2.66. The lowest BCUT2D eigenvalue weighted by molar-refractivity contribution is 0.791. The molecule has 0 saturated heterocycles. The molecule has 0 bridgehead atoms. The number of hydrogen-bond acceptors (Lipinski definition) is 5. The van der Waals surface area contributed by atoms with Crippen molar-refractivity contribution in [3.05, 3.63) is 35.9 Å². The molecule has 0 saturated carbocycles. The van der Waals surface area contributed by atoms with Crippen LogP contribution in [0.2, 0.25) is 0 Å². The molecule has 2 heterocycles. The molecule has 3 rings (SSSR count). The van der Waals surface area contributed by atoms with Crippen LogP contribution in [0.1, 0.15) is 31.4 Å². The Bertz CT molecular complexity index is 803. The summed E-state index contributed by atoms with van der Waals surface area (Å²) in [4.78, 5) is 9.65. The number of fused-ring (bicyclic) bond motifs is 1. The molecule has 5 nitrogen and oxygen atoms in total. The van der Waals surface area contributed by atoms with Crippen LogP contribution in [0.25, 0.3) is 16.2 Å². The van der Waals surface area contributed by atoms with Gasteiger partial charge in [0.25, 0.3) is 0 Å². The summed E-state index contributed by atoms with van der Waals surface area (Å²) in [6.07, 6.45) is 0.445. The molecule has 0 amide bonds. The molecule has 0 aliphatic rings. The molecule has 0 fully saturated rings. The number of aromatic nitrogens is 4. The second-order valence-corrected chi connectivity index (χ2v) is 6.34. The summed E-state index contributed by atoms with van der Waals surface area (Å²) in [6, 6.07) is 7.93. The number of hydrogen-bond donors (Lipinski definition) is 1. The Morgan fingerprint density at radius 1 is 1.33 bits per heavy atom. The van der Waals surface area contributed by atoms with E-state index in [4.69, 9.17) is 18.0 Å². The molecule has 2 N–H and O–H groups in total. The van der Waals surface area contributed by atoms with Gasteiger partial charge in [-0.3, -0.25) is 4.57 Å². The molecule has 3 aromatic rings. The second-order valence-electron chi connectivity index (χ2n) is 5.09. The number of benzene rings is 1. The minimum absolute atomic E-state index is 0.295. The Hall–Kier alpha value is -1.86. The molecule has 0 atom stereocenters. The van der Waals surface area contributed by atoms with Crippen molar-refractivity contribution >= 4 is 39.8 Å². The largest absolute Gasteiger partial charge is 0.393 e. The predicted octanol–water partition coefficient (Wildman–Crippen LogP) is 2.83. The van der Waals surface area contributed by atoms with Gasteiger partial charge < -0.3 is 5.73 Å². The van der Waals surface area contributed by atoms with Crippen LogP contribution in [0.3, 0.4) is 0 Å². The number of nitrogens with zero attached hydrogens (tertiary/aromatic N) is 4. The van der Waals surface area contributed by atoms with E-state index in [1.807, 2.05) is 28.8 Å². The third-order valence-electron chi connectivity index (χ3n) is 3.10. The standard InChI is InChI=1S/C14H15N5S2/c1-8(2)13-17-14(21-18-13)19-10-6-4-3-5-9(10)16-12(19)7-11(15)20/h3-6,8H,7H2,1-2H3,(H2,15,20). The first kappa shape index (κ1) is 14.1. The van der Waals surface area contributed by atoms with Crippen LogP contribution in [0.5, 0.6) is 0 Å². The summed E-state index contributed by atoms with van der Waals surface area (Å²) in [5, 5.41) is 0.804. The second kappa shape index (κ2) is 5.50. The van der Waals surface area contributed by atoms with Crippen molar-refractivity contribution in [3.8, 4) is 5.13 Å². The molecule has 108 valence electrons. The highest BCUT2D eigenvalue weighted by Gasteiger charge is 2.17. The van der Waals surface area contributed by atoms with E-state index >= 15 is 0 Å². The Morgan fingerprint density at radius 2 is 2.10 bits per heavy atom. The first-order valence-corrected chi connectivity index (χ1v) is 7.83. The van der Waals surface area contributed by atoms with Crippen molar-refractivity contribution in [1.29, 1.82) is 0 Å². The maximum Gasteiger partial charge on any atom is 0.215 e. The van der Waals surface area contributed by atoms with Crippen molar-refractivity contribution < 1.29 is 0 Å². The number of para-hydroxylation sites is 2. The molecule has 0 radical (unpaired) electrons. The topological polar surface area (TPSA) is 69.6 Å². The molecule has 0 aliphatic carbocycles. The highest BCUT2D eigenvalue weighted by atomic mass is 32.1. The summed E-state index contributed by atoms with van der Waals surface area (Å²) in [5.41, 5.74) is 7.60. The summed E-state index contributed by atoms with van der Waals surface area (Å²) < 4.78 is 6.41. The highest BCUT2D eigenvalue weighted by molar-refractivity contribution is 7.80. The van der Waals surface area contributed by atoms with E-state index in [2.05, 4.69) is 28.2 Å². The lowest BCUT2D eigenvalue weighted by atomic mass is 10.2. The van der Waals surface area contributed by atoms with Crippen LogP contribution >= 0.6 is 23.8 Å². The zero-order valence-corrected chi connectivity index (χ0v) is 13.4. The predicted molar refractivity (Wildman–Crippen MR) is 89.1 cm³/mol. The molecule has 0 aliphatic heterocycles. The Labute approximate surface area is 132 Å². The van der Waals surface area contributed by atoms with Crippen molar-refractivity contribution in [2.24, 2.45) is 5.73 Å². The van der Waals surface area contributed by atoms with Gasteiger partial charge in [-0.2, -0.15) is 4.37 Å². The Kier molecular flexibility index (Phi) is 3.69. The van der Waals surface area contributed by atoms with Crippen LogP contribution in [-0.2, 0) is 6.42 Å². The van der Waals surface area contributed by atoms with Crippen LogP contribution in [-0.4, -0.2) is 23.9 Å². The summed E-state index contributed by atoms with van der Waals surface area (Å²) in [5.74, 6) is 1.94. The van der Waals surface area contributed by atoms with E-state index in [9.17, 15) is 0 Å². The van der Waals surface area contributed by atoms with Gasteiger partial charge >= 0.3 is 0 Å². The van der Waals surface area contributed by atoms with Gasteiger partial charge in [-0.15, -0.1) is 0 Å². The maximum absolute atomic E-state index is 5.69. The fourth-order valence-corrected chi connectivity index (χ4v) is 3.09. The molecular formula is C14H15N5S2. The first-order chi connectivity index (χ1) is 10.1. The van der Waals surface area contributed by atoms with E-state index in [0.717, 1.165) is 27.8 Å². The molecular weight excluding hydrogens is 302 g/mol. The number of nitrogens with two attached hydrogens (primary N) is 1. The summed E-state index contributed by atoms with van der Waals surface area (Å²) in [7, 11) is 0. The zero-order valence-electron chi connectivity index (χ0n) is 11.8. The smallest absolute Gasteiger partial charge is 0.215 e. The van der Waals surface area contributed by atoms with Gasteiger partial charge in [0.15, 0.2) is 0 Å². The third-order valence-corrected chi connectivity index (χ3v) is 3.96. The van der Waals surface area contributed by atoms with Crippen LogP contribution in [0.15, 0.2) is 24.3 Å². The van der Waals surface area contributed by atoms with Gasteiger partial charge in [0.2, 0.25) is 5.13 Å². The molecule has 0 unspecified atom stereocenters. The Morgan fingerprint density at radius 3 is 2.76 bits per heavy atom. The molecule has 2 aromatic heterocycles. The van der Waals surface area contributed by atoms with Crippen LogP contribution in [0, 0.1) is 0 Å². The van der Waals surface area contributed by atoms with Crippen molar-refractivity contribution in [3.63, 3.8) is 0 Å². The van der Waals surface area contributed by atoms with E-state index in [-0.39, 0.29) is 0 Å². The number of rotatable bonds is 4. The Balaban J connectivity index is 2.20. The highest BCUT2D eigenvalue weighted by Crippen LogP contribution is 2.24. The minimum Gasteiger partial charge on any atom is -0.393 e. The van der Waals surface area contributed by atoms with Gasteiger partial charge in [-0.1, -0.05) is 38.2 Å². The van der Waals surface area contributed by atoms with Gasteiger partial charge in [0.05, 0.1) is 22.4 Å². The number of thiocarbonyl (C=S) groups is 1.